The molecule has 0 bridgehead atoms. The first-order valence-electron chi connectivity index (χ1n) is 10.3. The van der Waals surface area contributed by atoms with Crippen LogP contribution in [0.5, 0.6) is 0 Å². The van der Waals surface area contributed by atoms with Gasteiger partial charge in [0.2, 0.25) is 5.91 Å². The summed E-state index contributed by atoms with van der Waals surface area (Å²) in [4.78, 5) is 37.3. The SMILES string of the molecule is C[Si](C)(O)CCCC(=O)NC[C@H]1CN(c2ccc(N3CCOCC3)c(F)c2)C(=O)O1. The van der Waals surface area contributed by atoms with Crippen LogP contribution in [0.1, 0.15) is 12.8 Å². The maximum atomic E-state index is 14.6. The fourth-order valence-corrected chi connectivity index (χ4v) is 4.60. The Hall–Kier alpha value is -2.17. The van der Waals surface area contributed by atoms with Crippen molar-refractivity contribution < 1.29 is 28.2 Å². The highest BCUT2D eigenvalue weighted by atomic mass is 28.4. The molecule has 0 saturated carbocycles. The van der Waals surface area contributed by atoms with Gasteiger partial charge < -0.3 is 24.5 Å². The Bertz CT molecular complexity index is 767. The molecule has 2 N–H and O–H groups in total. The van der Waals surface area contributed by atoms with E-state index in [2.05, 4.69) is 5.32 Å². The highest BCUT2D eigenvalue weighted by molar-refractivity contribution is 6.69. The summed E-state index contributed by atoms with van der Waals surface area (Å²) >= 11 is 0. The summed E-state index contributed by atoms with van der Waals surface area (Å²) in [6.07, 6.45) is -0.0874. The van der Waals surface area contributed by atoms with Crippen LogP contribution in [-0.4, -0.2) is 70.6 Å². The van der Waals surface area contributed by atoms with Gasteiger partial charge in [0.25, 0.3) is 0 Å². The number of carbonyl (C=O) groups excluding carboxylic acids is 2. The molecule has 0 aliphatic carbocycles. The summed E-state index contributed by atoms with van der Waals surface area (Å²) in [5, 5.41) is 2.77. The van der Waals surface area contributed by atoms with Crippen LogP contribution in [0.25, 0.3) is 0 Å². The molecule has 8 nitrogen and oxygen atoms in total. The first kappa shape index (κ1) is 22.5. The smallest absolute Gasteiger partial charge is 0.414 e. The standard InChI is InChI=1S/C20H30FN3O5Si/c1-30(2,27)11-3-4-19(25)22-13-16-14-24(20(26)29-16)15-5-6-18(17(21)12-15)23-7-9-28-10-8-23/h5-6,12,16,27H,3-4,7-11,13-14H2,1-2H3,(H,22,25)/t16-/m0/s1. The van der Waals surface area contributed by atoms with Gasteiger partial charge in [-0.2, -0.15) is 0 Å². The van der Waals surface area contributed by atoms with Crippen molar-refractivity contribution >= 4 is 31.7 Å². The van der Waals surface area contributed by atoms with Crippen molar-refractivity contribution in [1.82, 2.24) is 5.32 Å². The van der Waals surface area contributed by atoms with E-state index in [1.165, 1.54) is 11.0 Å². The maximum Gasteiger partial charge on any atom is 0.414 e. The van der Waals surface area contributed by atoms with Crippen LogP contribution >= 0.6 is 0 Å². The largest absolute Gasteiger partial charge is 0.442 e. The summed E-state index contributed by atoms with van der Waals surface area (Å²) in [7, 11) is -2.14. The van der Waals surface area contributed by atoms with Crippen molar-refractivity contribution in [3.05, 3.63) is 24.0 Å². The van der Waals surface area contributed by atoms with Crippen molar-refractivity contribution in [3.63, 3.8) is 0 Å². The monoisotopic (exact) mass is 439 g/mol. The molecular weight excluding hydrogens is 409 g/mol. The quantitative estimate of drug-likeness (QED) is 0.603. The third-order valence-electron chi connectivity index (χ3n) is 5.19. The minimum absolute atomic E-state index is 0.136. The number of morpholine rings is 1. The van der Waals surface area contributed by atoms with Crippen molar-refractivity contribution in [2.24, 2.45) is 0 Å². The van der Waals surface area contributed by atoms with Crippen LogP contribution in [0.4, 0.5) is 20.6 Å². The van der Waals surface area contributed by atoms with E-state index >= 15 is 0 Å². The van der Waals surface area contributed by atoms with E-state index in [1.807, 2.05) is 18.0 Å². The normalized spacial score (nSPS) is 19.7. The minimum atomic E-state index is -2.14. The van der Waals surface area contributed by atoms with Crippen LogP contribution in [0.15, 0.2) is 18.2 Å². The molecule has 2 amide bonds. The Balaban J connectivity index is 1.50. The van der Waals surface area contributed by atoms with Crippen molar-refractivity contribution in [3.8, 4) is 0 Å². The highest BCUT2D eigenvalue weighted by Gasteiger charge is 2.33. The first-order chi connectivity index (χ1) is 14.2. The zero-order chi connectivity index (χ0) is 21.7. The highest BCUT2D eigenvalue weighted by Crippen LogP contribution is 2.28. The van der Waals surface area contributed by atoms with Crippen LogP contribution < -0.4 is 15.1 Å². The van der Waals surface area contributed by atoms with Gasteiger partial charge >= 0.3 is 6.09 Å². The summed E-state index contributed by atoms with van der Waals surface area (Å²) in [6, 6.07) is 5.38. The predicted octanol–water partition coefficient (Wildman–Crippen LogP) is 2.08. The number of ether oxygens (including phenoxy) is 2. The third kappa shape index (κ3) is 6.16. The zero-order valence-electron chi connectivity index (χ0n) is 17.5. The number of anilines is 2. The number of rotatable bonds is 8. The van der Waals surface area contributed by atoms with Crippen LogP contribution in [0.2, 0.25) is 19.1 Å². The van der Waals surface area contributed by atoms with Gasteiger partial charge in [-0.25, -0.2) is 9.18 Å². The molecule has 2 heterocycles. The number of amides is 2. The van der Waals surface area contributed by atoms with E-state index in [4.69, 9.17) is 9.47 Å². The zero-order valence-corrected chi connectivity index (χ0v) is 18.5. The number of hydrogen-bond acceptors (Lipinski definition) is 6. The van der Waals surface area contributed by atoms with Crippen molar-refractivity contribution in [2.75, 3.05) is 49.2 Å². The second-order valence-electron chi connectivity index (χ2n) is 8.32. The lowest BCUT2D eigenvalue weighted by Crippen LogP contribution is -2.37. The molecule has 0 radical (unpaired) electrons. The van der Waals surface area contributed by atoms with Crippen molar-refractivity contribution in [2.45, 2.75) is 38.1 Å². The average molecular weight is 440 g/mol. The lowest BCUT2D eigenvalue weighted by atomic mass is 10.2. The molecular formula is C20H30FN3O5Si. The number of nitrogens with one attached hydrogen (secondary N) is 1. The number of nitrogens with zero attached hydrogens (tertiary/aromatic N) is 2. The molecule has 166 valence electrons. The first-order valence-corrected chi connectivity index (χ1v) is 13.5. The van der Waals surface area contributed by atoms with Crippen molar-refractivity contribution in [1.29, 1.82) is 0 Å². The lowest BCUT2D eigenvalue weighted by Gasteiger charge is -2.29. The van der Waals surface area contributed by atoms with E-state index in [0.717, 1.165) is 0 Å². The average Bonchev–Trinajstić information content (AvgIpc) is 3.06. The van der Waals surface area contributed by atoms with Gasteiger partial charge in [-0.1, -0.05) is 0 Å². The van der Waals surface area contributed by atoms with Gasteiger partial charge in [0.05, 0.1) is 37.7 Å². The molecule has 0 spiro atoms. The molecule has 1 aromatic carbocycles. The molecule has 2 aliphatic rings. The molecule has 0 aromatic heterocycles. The second-order valence-corrected chi connectivity index (χ2v) is 12.4. The van der Waals surface area contributed by atoms with Gasteiger partial charge in [-0.3, -0.25) is 9.69 Å². The number of cyclic esters (lactones) is 1. The second kappa shape index (κ2) is 9.76. The van der Waals surface area contributed by atoms with Gasteiger partial charge in [0.15, 0.2) is 8.32 Å². The van der Waals surface area contributed by atoms with Gasteiger partial charge in [-0.15, -0.1) is 0 Å². The molecule has 3 rings (SSSR count). The van der Waals surface area contributed by atoms with E-state index in [9.17, 15) is 18.8 Å². The molecule has 2 fully saturated rings. The number of benzene rings is 1. The van der Waals surface area contributed by atoms with E-state index in [0.29, 0.717) is 56.6 Å². The van der Waals surface area contributed by atoms with E-state index in [-0.39, 0.29) is 19.0 Å². The maximum absolute atomic E-state index is 14.6. The summed E-state index contributed by atoms with van der Waals surface area (Å²) in [5.74, 6) is -0.530. The fraction of sp³-hybridized carbons (Fsp3) is 0.600. The van der Waals surface area contributed by atoms with Gasteiger partial charge in [0, 0.05) is 19.5 Å². The number of carbonyl (C=O) groups is 2. The lowest BCUT2D eigenvalue weighted by molar-refractivity contribution is -0.121. The number of halogens is 1. The Kier molecular flexibility index (Phi) is 7.32. The predicted molar refractivity (Wildman–Crippen MR) is 114 cm³/mol. The fourth-order valence-electron chi connectivity index (χ4n) is 3.56. The van der Waals surface area contributed by atoms with Gasteiger partial charge in [0.1, 0.15) is 11.9 Å². The number of hydrogen-bond donors (Lipinski definition) is 2. The van der Waals surface area contributed by atoms with Crippen LogP contribution in [-0.2, 0) is 14.3 Å². The summed E-state index contributed by atoms with van der Waals surface area (Å²) in [6.45, 7) is 6.51. The minimum Gasteiger partial charge on any atom is -0.442 e. The molecule has 2 aliphatic heterocycles. The summed E-state index contributed by atoms with van der Waals surface area (Å²) in [5.41, 5.74) is 0.922. The Morgan fingerprint density at radius 1 is 1.33 bits per heavy atom. The molecule has 2 saturated heterocycles. The molecule has 10 heteroatoms. The Labute approximate surface area is 177 Å². The Morgan fingerprint density at radius 2 is 2.07 bits per heavy atom. The van der Waals surface area contributed by atoms with E-state index in [1.54, 1.807) is 12.1 Å². The summed E-state index contributed by atoms with van der Waals surface area (Å²) < 4.78 is 25.2. The van der Waals surface area contributed by atoms with E-state index < -0.39 is 26.3 Å². The van der Waals surface area contributed by atoms with Crippen LogP contribution in [0, 0.1) is 5.82 Å². The molecule has 0 unspecified atom stereocenters. The van der Waals surface area contributed by atoms with Crippen LogP contribution in [0.3, 0.4) is 0 Å². The molecule has 1 atom stereocenters. The Morgan fingerprint density at radius 3 is 2.73 bits per heavy atom. The topological polar surface area (TPSA) is 91.3 Å². The molecule has 30 heavy (non-hydrogen) atoms. The van der Waals surface area contributed by atoms with Gasteiger partial charge in [-0.05, 0) is 43.8 Å². The molecule has 1 aromatic rings. The third-order valence-corrected chi connectivity index (χ3v) is 6.77.